The molecule has 0 aliphatic heterocycles. The molecule has 7 heteroatoms. The molecule has 0 atom stereocenters. The second kappa shape index (κ2) is 8.27. The highest BCUT2D eigenvalue weighted by atomic mass is 16.2. The number of rotatable bonds is 6. The van der Waals surface area contributed by atoms with Gasteiger partial charge >= 0.3 is 0 Å². The van der Waals surface area contributed by atoms with Crippen LogP contribution >= 0.6 is 0 Å². The Balaban J connectivity index is 1.97. The van der Waals surface area contributed by atoms with Crippen LogP contribution in [0.4, 0.5) is 5.69 Å². The monoisotopic (exact) mass is 363 g/mol. The van der Waals surface area contributed by atoms with Crippen LogP contribution in [-0.4, -0.2) is 36.3 Å². The van der Waals surface area contributed by atoms with Crippen molar-refractivity contribution >= 4 is 28.9 Å². The van der Waals surface area contributed by atoms with Crippen LogP contribution < -0.4 is 16.5 Å². The molecule has 4 N–H and O–H groups in total. The fourth-order valence-electron chi connectivity index (χ4n) is 2.52. The summed E-state index contributed by atoms with van der Waals surface area (Å²) in [5.41, 5.74) is 2.29. The van der Waals surface area contributed by atoms with E-state index in [4.69, 9.17) is 5.84 Å². The van der Waals surface area contributed by atoms with Crippen molar-refractivity contribution < 1.29 is 9.59 Å². The van der Waals surface area contributed by atoms with E-state index in [1.807, 2.05) is 30.3 Å². The number of nitrogens with zero attached hydrogens (tertiary/aromatic N) is 2. The Morgan fingerprint density at radius 2 is 1.67 bits per heavy atom. The van der Waals surface area contributed by atoms with Crippen molar-refractivity contribution in [3.05, 3.63) is 65.7 Å². The van der Waals surface area contributed by atoms with Gasteiger partial charge in [0.05, 0.1) is 5.69 Å². The molecule has 27 heavy (non-hydrogen) atoms. The molecule has 2 amide bonds. The van der Waals surface area contributed by atoms with Gasteiger partial charge in [0.15, 0.2) is 5.71 Å². The molecule has 3 rings (SSSR count). The zero-order valence-corrected chi connectivity index (χ0v) is 15.0. The Hall–Kier alpha value is -3.48. The molecule has 1 saturated carbocycles. The van der Waals surface area contributed by atoms with E-state index < -0.39 is 0 Å². The van der Waals surface area contributed by atoms with E-state index in [0.717, 1.165) is 18.4 Å². The van der Waals surface area contributed by atoms with Crippen molar-refractivity contribution in [1.82, 2.24) is 10.6 Å². The van der Waals surface area contributed by atoms with E-state index in [1.54, 1.807) is 31.3 Å². The van der Waals surface area contributed by atoms with Crippen LogP contribution in [0.25, 0.3) is 0 Å². The first-order chi connectivity index (χ1) is 13.1. The summed E-state index contributed by atoms with van der Waals surface area (Å²) >= 11 is 0. The summed E-state index contributed by atoms with van der Waals surface area (Å²) in [6.45, 7) is 0. The fourth-order valence-corrected chi connectivity index (χ4v) is 2.52. The molecular weight excluding hydrogens is 342 g/mol. The molecule has 2 aromatic rings. The predicted octanol–water partition coefficient (Wildman–Crippen LogP) is 1.76. The van der Waals surface area contributed by atoms with Gasteiger partial charge in [-0.15, -0.1) is 0 Å². The lowest BCUT2D eigenvalue weighted by atomic mass is 10.0. The van der Waals surface area contributed by atoms with E-state index in [9.17, 15) is 9.59 Å². The lowest BCUT2D eigenvalue weighted by Crippen LogP contribution is -2.38. The van der Waals surface area contributed by atoms with Crippen molar-refractivity contribution in [3.63, 3.8) is 0 Å². The number of nitrogens with one attached hydrogen (secondary N) is 2. The number of hydrogen-bond acceptors (Lipinski definition) is 5. The Labute approximate surface area is 157 Å². The normalized spacial score (nSPS) is 14.6. The number of aliphatic imine (C=N–C) groups is 1. The standard InChI is InChI=1S/C20H21N5O2/c1-22-19(26)14-7-9-15(10-8-14)23-17(13-5-3-2-4-6-13)18(25-21)20(27)24-16-11-12-16/h2-10,16H,11-12,21H2,1H3,(H,22,26)(H,24,27). The maximum atomic E-state index is 12.6. The molecule has 7 nitrogen and oxygen atoms in total. The Morgan fingerprint density at radius 1 is 1.00 bits per heavy atom. The average Bonchev–Trinajstić information content (AvgIpc) is 3.52. The average molecular weight is 363 g/mol. The van der Waals surface area contributed by atoms with Gasteiger partial charge < -0.3 is 16.5 Å². The van der Waals surface area contributed by atoms with Gasteiger partial charge in [-0.2, -0.15) is 5.10 Å². The smallest absolute Gasteiger partial charge is 0.274 e. The SMILES string of the molecule is CNC(=O)c1ccc(N=C(C(=NN)C(=O)NC2CC2)c2ccccc2)cc1. The molecule has 1 fully saturated rings. The highest BCUT2D eigenvalue weighted by Crippen LogP contribution is 2.20. The van der Waals surface area contributed by atoms with Gasteiger partial charge in [-0.1, -0.05) is 30.3 Å². The van der Waals surface area contributed by atoms with Crippen molar-refractivity contribution in [3.8, 4) is 0 Å². The number of carbonyl (C=O) groups is 2. The Kier molecular flexibility index (Phi) is 5.61. The van der Waals surface area contributed by atoms with E-state index in [-0.39, 0.29) is 23.6 Å². The molecule has 0 bridgehead atoms. The maximum Gasteiger partial charge on any atom is 0.274 e. The van der Waals surface area contributed by atoms with Crippen LogP contribution in [0.15, 0.2) is 64.7 Å². The highest BCUT2D eigenvalue weighted by molar-refractivity contribution is 6.70. The first kappa shape index (κ1) is 18.3. The van der Waals surface area contributed by atoms with E-state index >= 15 is 0 Å². The largest absolute Gasteiger partial charge is 0.355 e. The first-order valence-corrected chi connectivity index (χ1v) is 8.67. The second-order valence-electron chi connectivity index (χ2n) is 6.18. The summed E-state index contributed by atoms with van der Waals surface area (Å²) in [7, 11) is 1.57. The third-order valence-electron chi connectivity index (χ3n) is 4.13. The molecule has 1 aliphatic carbocycles. The minimum Gasteiger partial charge on any atom is -0.355 e. The second-order valence-corrected chi connectivity index (χ2v) is 6.18. The molecule has 0 unspecified atom stereocenters. The summed E-state index contributed by atoms with van der Waals surface area (Å²) in [4.78, 5) is 28.8. The van der Waals surface area contributed by atoms with E-state index in [1.165, 1.54) is 0 Å². The summed E-state index contributed by atoms with van der Waals surface area (Å²) < 4.78 is 0. The number of benzene rings is 2. The molecule has 0 spiro atoms. The van der Waals surface area contributed by atoms with Crippen LogP contribution in [-0.2, 0) is 4.79 Å². The zero-order chi connectivity index (χ0) is 19.2. The molecule has 0 aromatic heterocycles. The number of hydrogen-bond donors (Lipinski definition) is 3. The minimum atomic E-state index is -0.343. The fraction of sp³-hybridized carbons (Fsp3) is 0.200. The number of hydrazone groups is 1. The van der Waals surface area contributed by atoms with Crippen LogP contribution in [0, 0.1) is 0 Å². The van der Waals surface area contributed by atoms with E-state index in [2.05, 4.69) is 20.7 Å². The summed E-state index contributed by atoms with van der Waals surface area (Å²) in [5, 5.41) is 9.17. The lowest BCUT2D eigenvalue weighted by molar-refractivity contribution is -0.114. The Bertz CT molecular complexity index is 884. The Morgan fingerprint density at radius 3 is 2.22 bits per heavy atom. The zero-order valence-electron chi connectivity index (χ0n) is 15.0. The first-order valence-electron chi connectivity index (χ1n) is 8.67. The van der Waals surface area contributed by atoms with Crippen molar-refractivity contribution in [2.75, 3.05) is 7.05 Å². The lowest BCUT2D eigenvalue weighted by Gasteiger charge is -2.10. The van der Waals surface area contributed by atoms with Gasteiger partial charge in [0.2, 0.25) is 0 Å². The van der Waals surface area contributed by atoms with Gasteiger partial charge in [-0.3, -0.25) is 9.59 Å². The number of nitrogens with two attached hydrogens (primary N) is 1. The molecular formula is C20H21N5O2. The molecule has 138 valence electrons. The van der Waals surface area contributed by atoms with Crippen LogP contribution in [0.1, 0.15) is 28.8 Å². The van der Waals surface area contributed by atoms with Crippen molar-refractivity contribution in [2.24, 2.45) is 15.9 Å². The minimum absolute atomic E-state index is 0.0727. The van der Waals surface area contributed by atoms with Crippen LogP contribution in [0.3, 0.4) is 0 Å². The van der Waals surface area contributed by atoms with Gasteiger partial charge in [-0.25, -0.2) is 4.99 Å². The third-order valence-corrected chi connectivity index (χ3v) is 4.13. The summed E-state index contributed by atoms with van der Waals surface area (Å²) in [6.07, 6.45) is 1.92. The number of carbonyl (C=O) groups excluding carboxylic acids is 2. The molecule has 0 heterocycles. The third kappa shape index (κ3) is 4.58. The molecule has 0 radical (unpaired) electrons. The predicted molar refractivity (Wildman–Crippen MR) is 105 cm³/mol. The van der Waals surface area contributed by atoms with E-state index in [0.29, 0.717) is 17.0 Å². The summed E-state index contributed by atoms with van der Waals surface area (Å²) in [5.74, 6) is 5.02. The maximum absolute atomic E-state index is 12.6. The topological polar surface area (TPSA) is 109 Å². The van der Waals surface area contributed by atoms with Crippen molar-refractivity contribution in [2.45, 2.75) is 18.9 Å². The van der Waals surface area contributed by atoms with Crippen LogP contribution in [0.5, 0.6) is 0 Å². The van der Waals surface area contributed by atoms with Gasteiger partial charge in [0.25, 0.3) is 11.8 Å². The quantitative estimate of drug-likeness (QED) is 0.413. The highest BCUT2D eigenvalue weighted by Gasteiger charge is 2.28. The van der Waals surface area contributed by atoms with Gasteiger partial charge in [-0.05, 0) is 37.1 Å². The number of amides is 2. The van der Waals surface area contributed by atoms with Gasteiger partial charge in [0, 0.05) is 24.2 Å². The van der Waals surface area contributed by atoms with Crippen LogP contribution in [0.2, 0.25) is 0 Å². The molecule has 1 aliphatic rings. The van der Waals surface area contributed by atoms with Crippen molar-refractivity contribution in [1.29, 1.82) is 0 Å². The molecule has 2 aromatic carbocycles. The van der Waals surface area contributed by atoms with Gasteiger partial charge in [0.1, 0.15) is 5.71 Å². The summed E-state index contributed by atoms with van der Waals surface area (Å²) in [6, 6.07) is 16.2. The molecule has 0 saturated heterocycles.